The summed E-state index contributed by atoms with van der Waals surface area (Å²) in [6.45, 7) is 8.99. The van der Waals surface area contributed by atoms with Crippen LogP contribution in [0.3, 0.4) is 0 Å². The van der Waals surface area contributed by atoms with Crippen molar-refractivity contribution in [2.24, 2.45) is 11.8 Å². The third kappa shape index (κ3) is 5.56. The fraction of sp³-hybridized carbons (Fsp3) is 0.571. The Morgan fingerprint density at radius 3 is 1.55 bits per heavy atom. The molecule has 0 bridgehead atoms. The largest absolute Gasteiger partial charge is 0.288 e. The number of hydrogen-bond donors (Lipinski definition) is 1. The maximum atomic E-state index is 12.7. The molecule has 1 N–H and O–H groups in total. The van der Waals surface area contributed by atoms with E-state index in [0.717, 1.165) is 36.5 Å². The van der Waals surface area contributed by atoms with Gasteiger partial charge in [-0.2, -0.15) is 0 Å². The lowest BCUT2D eigenvalue weighted by Crippen LogP contribution is -2.35. The summed E-state index contributed by atoms with van der Waals surface area (Å²) in [4.78, 5) is 25.3. The molecule has 2 atom stereocenters. The van der Waals surface area contributed by atoms with E-state index in [1.54, 1.807) is 0 Å². The number of amides is 2. The molecule has 2 aromatic carbocycles. The molecule has 0 aromatic heterocycles. The van der Waals surface area contributed by atoms with Gasteiger partial charge in [0.25, 0.3) is 11.8 Å². The molecule has 0 saturated heterocycles. The molecule has 2 unspecified atom stereocenters. The number of hydrogen-bond acceptors (Lipinski definition) is 2. The van der Waals surface area contributed by atoms with Crippen molar-refractivity contribution in [3.63, 3.8) is 0 Å². The maximum absolute atomic E-state index is 12.7. The van der Waals surface area contributed by atoms with Crippen LogP contribution in [0.4, 0.5) is 0 Å². The van der Waals surface area contributed by atoms with E-state index < -0.39 is 0 Å². The Kier molecular flexibility index (Phi) is 8.28. The minimum absolute atomic E-state index is 0.256. The molecule has 1 aliphatic heterocycles. The summed E-state index contributed by atoms with van der Waals surface area (Å²) in [5, 5.41) is 4.47. The molecule has 31 heavy (non-hydrogen) atoms. The first-order valence-electron chi connectivity index (χ1n) is 12.5. The third-order valence-electron chi connectivity index (χ3n) is 7.02. The van der Waals surface area contributed by atoms with Gasteiger partial charge in [0.05, 0.1) is 0 Å². The van der Waals surface area contributed by atoms with E-state index in [1.165, 1.54) is 49.7 Å². The average Bonchev–Trinajstić information content (AvgIpc) is 2.77. The van der Waals surface area contributed by atoms with Crippen molar-refractivity contribution in [1.29, 1.82) is 0 Å². The van der Waals surface area contributed by atoms with Gasteiger partial charge in [0.1, 0.15) is 0 Å². The lowest BCUT2D eigenvalue weighted by atomic mass is 9.85. The SMILES string of the molecule is CCCCC(CC)Cc1cc2c3c(cc(CC(CC)CCCC)cc3c1)C(=O)NC2=O. The number of benzene rings is 2. The number of nitrogens with one attached hydrogen (secondary N) is 1. The third-order valence-corrected chi connectivity index (χ3v) is 7.02. The van der Waals surface area contributed by atoms with Crippen LogP contribution in [0.15, 0.2) is 24.3 Å². The van der Waals surface area contributed by atoms with Crippen molar-refractivity contribution < 1.29 is 9.59 Å². The summed E-state index contributed by atoms with van der Waals surface area (Å²) in [5.41, 5.74) is 3.76. The van der Waals surface area contributed by atoms with Crippen LogP contribution in [0.2, 0.25) is 0 Å². The number of carbonyl (C=O) groups is 2. The van der Waals surface area contributed by atoms with Crippen molar-refractivity contribution in [1.82, 2.24) is 5.32 Å². The van der Waals surface area contributed by atoms with Gasteiger partial charge in [0.15, 0.2) is 0 Å². The Labute approximate surface area is 188 Å². The zero-order valence-corrected chi connectivity index (χ0v) is 19.9. The molecule has 0 aliphatic carbocycles. The predicted octanol–water partition coefficient (Wildman–Crippen LogP) is 7.24. The Bertz CT molecular complexity index is 859. The first kappa shape index (κ1) is 23.5. The molecule has 2 aromatic rings. The maximum Gasteiger partial charge on any atom is 0.258 e. The Morgan fingerprint density at radius 2 is 1.16 bits per heavy atom. The Morgan fingerprint density at radius 1 is 0.710 bits per heavy atom. The fourth-order valence-corrected chi connectivity index (χ4v) is 5.02. The van der Waals surface area contributed by atoms with Crippen LogP contribution < -0.4 is 5.32 Å². The van der Waals surface area contributed by atoms with Gasteiger partial charge < -0.3 is 0 Å². The smallest absolute Gasteiger partial charge is 0.258 e. The zero-order valence-electron chi connectivity index (χ0n) is 19.9. The molecule has 2 amide bonds. The van der Waals surface area contributed by atoms with Gasteiger partial charge in [0.2, 0.25) is 0 Å². The standard InChI is InChI=1S/C28H39NO2/c1-5-9-11-19(7-3)13-21-15-23-16-22(14-20(8-4)12-10-6-2)18-25-26(23)24(17-21)27(30)29-28(25)31/h15-20H,5-14H2,1-4H3,(H,29,30,31). The molecule has 0 saturated carbocycles. The van der Waals surface area contributed by atoms with Crippen molar-refractivity contribution in [3.05, 3.63) is 46.5 Å². The summed E-state index contributed by atoms with van der Waals surface area (Å²) >= 11 is 0. The van der Waals surface area contributed by atoms with E-state index in [0.29, 0.717) is 23.0 Å². The summed E-state index contributed by atoms with van der Waals surface area (Å²) in [6, 6.07) is 8.52. The summed E-state index contributed by atoms with van der Waals surface area (Å²) in [6.07, 6.45) is 11.7. The van der Waals surface area contributed by atoms with E-state index in [1.807, 2.05) is 12.1 Å². The summed E-state index contributed by atoms with van der Waals surface area (Å²) in [5.74, 6) is 0.763. The van der Waals surface area contributed by atoms with Gasteiger partial charge in [-0.15, -0.1) is 0 Å². The van der Waals surface area contributed by atoms with Crippen LogP contribution in [0, 0.1) is 11.8 Å². The van der Waals surface area contributed by atoms with Gasteiger partial charge >= 0.3 is 0 Å². The van der Waals surface area contributed by atoms with E-state index >= 15 is 0 Å². The normalized spacial score (nSPS) is 15.2. The highest BCUT2D eigenvalue weighted by atomic mass is 16.2. The lowest BCUT2D eigenvalue weighted by Gasteiger charge is -2.22. The van der Waals surface area contributed by atoms with Crippen LogP contribution in [-0.2, 0) is 12.8 Å². The zero-order chi connectivity index (χ0) is 22.4. The molecule has 3 rings (SSSR count). The number of carbonyl (C=O) groups excluding carboxylic acids is 2. The number of imide groups is 1. The van der Waals surface area contributed by atoms with Gasteiger partial charge in [-0.3, -0.25) is 14.9 Å². The van der Waals surface area contributed by atoms with E-state index in [2.05, 4.69) is 45.1 Å². The second-order valence-corrected chi connectivity index (χ2v) is 9.41. The minimum Gasteiger partial charge on any atom is -0.288 e. The van der Waals surface area contributed by atoms with Gasteiger partial charge in [-0.1, -0.05) is 91.2 Å². The van der Waals surface area contributed by atoms with Gasteiger partial charge in [-0.25, -0.2) is 0 Å². The molecule has 3 heteroatoms. The van der Waals surface area contributed by atoms with Crippen LogP contribution >= 0.6 is 0 Å². The molecule has 168 valence electrons. The molecular weight excluding hydrogens is 382 g/mol. The first-order chi connectivity index (χ1) is 15.0. The topological polar surface area (TPSA) is 46.2 Å². The van der Waals surface area contributed by atoms with Gasteiger partial charge in [0, 0.05) is 16.5 Å². The summed E-state index contributed by atoms with van der Waals surface area (Å²) in [7, 11) is 0. The highest BCUT2D eigenvalue weighted by molar-refractivity contribution is 6.25. The molecule has 3 nitrogen and oxygen atoms in total. The average molecular weight is 422 g/mol. The summed E-state index contributed by atoms with van der Waals surface area (Å²) < 4.78 is 0. The van der Waals surface area contributed by atoms with Crippen LogP contribution in [-0.4, -0.2) is 11.8 Å². The molecule has 0 spiro atoms. The van der Waals surface area contributed by atoms with Crippen LogP contribution in [0.25, 0.3) is 10.8 Å². The molecule has 1 heterocycles. The number of rotatable bonds is 12. The quantitative estimate of drug-likeness (QED) is 0.367. The van der Waals surface area contributed by atoms with Crippen LogP contribution in [0.5, 0.6) is 0 Å². The van der Waals surface area contributed by atoms with Crippen molar-refractivity contribution >= 4 is 22.6 Å². The second kappa shape index (κ2) is 10.9. The van der Waals surface area contributed by atoms with Crippen molar-refractivity contribution in [3.8, 4) is 0 Å². The van der Waals surface area contributed by atoms with E-state index in [4.69, 9.17) is 0 Å². The predicted molar refractivity (Wildman–Crippen MR) is 130 cm³/mol. The molecule has 0 radical (unpaired) electrons. The second-order valence-electron chi connectivity index (χ2n) is 9.41. The van der Waals surface area contributed by atoms with E-state index in [-0.39, 0.29) is 11.8 Å². The van der Waals surface area contributed by atoms with Crippen molar-refractivity contribution in [2.75, 3.05) is 0 Å². The molecular formula is C28H39NO2. The van der Waals surface area contributed by atoms with Crippen molar-refractivity contribution in [2.45, 2.75) is 91.9 Å². The Balaban J connectivity index is 2.01. The van der Waals surface area contributed by atoms with Crippen LogP contribution in [0.1, 0.15) is 111 Å². The van der Waals surface area contributed by atoms with Gasteiger partial charge in [-0.05, 0) is 53.3 Å². The van der Waals surface area contributed by atoms with E-state index in [9.17, 15) is 9.59 Å². The monoisotopic (exact) mass is 421 g/mol. The highest BCUT2D eigenvalue weighted by Gasteiger charge is 2.26. The first-order valence-corrected chi connectivity index (χ1v) is 12.5. The minimum atomic E-state index is -0.256. The molecule has 0 fully saturated rings. The molecule has 1 aliphatic rings. The number of unbranched alkanes of at least 4 members (excludes halogenated alkanes) is 2. The lowest BCUT2D eigenvalue weighted by molar-refractivity contribution is 0.0844. The fourth-order valence-electron chi connectivity index (χ4n) is 5.02. The highest BCUT2D eigenvalue weighted by Crippen LogP contribution is 2.32. The Hall–Kier alpha value is -2.16.